The fourth-order valence-corrected chi connectivity index (χ4v) is 2.17. The van der Waals surface area contributed by atoms with Crippen molar-refractivity contribution in [1.82, 2.24) is 0 Å². The lowest BCUT2D eigenvalue weighted by Crippen LogP contribution is -2.08. The van der Waals surface area contributed by atoms with Gasteiger partial charge in [0.15, 0.2) is 5.78 Å². The molecule has 13 heavy (non-hydrogen) atoms. The third-order valence-corrected chi connectivity index (χ3v) is 3.01. The number of carbonyl (C=O) groups is 1. The van der Waals surface area contributed by atoms with Crippen LogP contribution in [0.3, 0.4) is 0 Å². The topological polar surface area (TPSA) is 17.1 Å². The first-order valence-corrected chi connectivity index (χ1v) is 5.49. The van der Waals surface area contributed by atoms with Gasteiger partial charge in [0.1, 0.15) is 0 Å². The van der Waals surface area contributed by atoms with E-state index in [2.05, 4.69) is 20.8 Å². The maximum atomic E-state index is 11.8. The fourth-order valence-electron chi connectivity index (χ4n) is 2.17. The average molecular weight is 180 g/mol. The lowest BCUT2D eigenvalue weighted by Gasteiger charge is -2.03. The summed E-state index contributed by atoms with van der Waals surface area (Å²) in [5.41, 5.74) is 2.59. The van der Waals surface area contributed by atoms with Gasteiger partial charge >= 0.3 is 0 Å². The first kappa shape index (κ1) is 10.5. The molecule has 0 bridgehead atoms. The van der Waals surface area contributed by atoms with Gasteiger partial charge in [0.2, 0.25) is 0 Å². The Balaban J connectivity index is 2.78. The van der Waals surface area contributed by atoms with Crippen molar-refractivity contribution in [2.75, 3.05) is 0 Å². The second-order valence-electron chi connectivity index (χ2n) is 3.86. The second-order valence-corrected chi connectivity index (χ2v) is 3.86. The third-order valence-electron chi connectivity index (χ3n) is 3.01. The van der Waals surface area contributed by atoms with Gasteiger partial charge in [0, 0.05) is 5.92 Å². The predicted molar refractivity (Wildman–Crippen MR) is 55.6 cm³/mol. The highest BCUT2D eigenvalue weighted by atomic mass is 16.1. The van der Waals surface area contributed by atoms with E-state index in [0.717, 1.165) is 37.7 Å². The number of ketones is 1. The fraction of sp³-hybridized carbons (Fsp3) is 0.750. The number of hydrogen-bond acceptors (Lipinski definition) is 1. The van der Waals surface area contributed by atoms with E-state index in [1.165, 1.54) is 5.57 Å². The Labute approximate surface area is 81.2 Å². The molecule has 0 heterocycles. The monoisotopic (exact) mass is 180 g/mol. The Morgan fingerprint density at radius 1 is 1.31 bits per heavy atom. The molecule has 1 atom stereocenters. The molecule has 0 spiro atoms. The summed E-state index contributed by atoms with van der Waals surface area (Å²) in [5, 5.41) is 0. The van der Waals surface area contributed by atoms with Gasteiger partial charge in [-0.2, -0.15) is 0 Å². The number of Topliss-reactive ketones (excluding diaryl/α,β-unsaturated/α-hetero) is 1. The number of carbonyl (C=O) groups excluding carboxylic acids is 1. The van der Waals surface area contributed by atoms with Crippen molar-refractivity contribution in [2.45, 2.75) is 52.9 Å². The lowest BCUT2D eigenvalue weighted by atomic mass is 9.99. The second kappa shape index (κ2) is 4.59. The van der Waals surface area contributed by atoms with E-state index in [9.17, 15) is 4.79 Å². The zero-order valence-electron chi connectivity index (χ0n) is 9.02. The van der Waals surface area contributed by atoms with E-state index < -0.39 is 0 Å². The first-order chi connectivity index (χ1) is 6.24. The minimum Gasteiger partial charge on any atom is -0.294 e. The molecule has 0 aromatic heterocycles. The normalized spacial score (nSPS) is 23.0. The molecular formula is C12H20O. The van der Waals surface area contributed by atoms with E-state index in [1.807, 2.05) is 0 Å². The van der Waals surface area contributed by atoms with Gasteiger partial charge in [-0.1, -0.05) is 32.8 Å². The van der Waals surface area contributed by atoms with Crippen LogP contribution in [0.1, 0.15) is 52.9 Å². The van der Waals surface area contributed by atoms with E-state index in [0.29, 0.717) is 11.7 Å². The summed E-state index contributed by atoms with van der Waals surface area (Å²) in [7, 11) is 0. The van der Waals surface area contributed by atoms with E-state index in [1.54, 1.807) is 0 Å². The summed E-state index contributed by atoms with van der Waals surface area (Å²) in [6, 6.07) is 0. The summed E-state index contributed by atoms with van der Waals surface area (Å²) in [6.07, 6.45) is 5.22. The number of hydrogen-bond donors (Lipinski definition) is 0. The lowest BCUT2D eigenvalue weighted by molar-refractivity contribution is -0.118. The van der Waals surface area contributed by atoms with Gasteiger partial charge < -0.3 is 0 Å². The van der Waals surface area contributed by atoms with Crippen molar-refractivity contribution in [3.8, 4) is 0 Å². The molecule has 1 aliphatic carbocycles. The van der Waals surface area contributed by atoms with Crippen LogP contribution in [-0.4, -0.2) is 5.78 Å². The van der Waals surface area contributed by atoms with Gasteiger partial charge in [-0.3, -0.25) is 4.79 Å². The zero-order chi connectivity index (χ0) is 9.84. The molecule has 0 fully saturated rings. The van der Waals surface area contributed by atoms with E-state index >= 15 is 0 Å². The Kier molecular flexibility index (Phi) is 3.71. The molecule has 0 aromatic carbocycles. The SMILES string of the molecule is CCCC1=C(CC)CC(CC)C1=O. The molecule has 1 heteroatoms. The van der Waals surface area contributed by atoms with Crippen LogP contribution < -0.4 is 0 Å². The van der Waals surface area contributed by atoms with Gasteiger partial charge in [0.25, 0.3) is 0 Å². The highest BCUT2D eigenvalue weighted by Gasteiger charge is 2.29. The summed E-state index contributed by atoms with van der Waals surface area (Å²) in [6.45, 7) is 6.42. The Hall–Kier alpha value is -0.590. The molecule has 74 valence electrons. The molecule has 1 rings (SSSR count). The van der Waals surface area contributed by atoms with E-state index in [4.69, 9.17) is 0 Å². The molecule has 0 aromatic rings. The van der Waals surface area contributed by atoms with Crippen LogP contribution in [0.4, 0.5) is 0 Å². The van der Waals surface area contributed by atoms with Crippen molar-refractivity contribution in [3.05, 3.63) is 11.1 Å². The van der Waals surface area contributed by atoms with Crippen LogP contribution in [0.25, 0.3) is 0 Å². The van der Waals surface area contributed by atoms with Crippen molar-refractivity contribution in [3.63, 3.8) is 0 Å². The largest absolute Gasteiger partial charge is 0.294 e. The van der Waals surface area contributed by atoms with E-state index in [-0.39, 0.29) is 0 Å². The molecule has 0 saturated carbocycles. The molecule has 0 amide bonds. The Bertz CT molecular complexity index is 225. The zero-order valence-corrected chi connectivity index (χ0v) is 9.02. The van der Waals surface area contributed by atoms with Gasteiger partial charge in [-0.05, 0) is 31.3 Å². The quantitative estimate of drug-likeness (QED) is 0.647. The Morgan fingerprint density at radius 2 is 2.00 bits per heavy atom. The molecule has 1 aliphatic rings. The standard InChI is InChI=1S/C12H20O/c1-4-7-11-9(5-2)8-10(6-3)12(11)13/h10H,4-8H2,1-3H3. The average Bonchev–Trinajstić information content (AvgIpc) is 2.45. The van der Waals surface area contributed by atoms with Crippen LogP contribution in [-0.2, 0) is 4.79 Å². The highest BCUT2D eigenvalue weighted by molar-refractivity contribution is 6.00. The van der Waals surface area contributed by atoms with Crippen LogP contribution in [0.5, 0.6) is 0 Å². The molecule has 1 unspecified atom stereocenters. The van der Waals surface area contributed by atoms with Crippen LogP contribution in [0, 0.1) is 5.92 Å². The third kappa shape index (κ3) is 2.01. The first-order valence-electron chi connectivity index (χ1n) is 5.49. The summed E-state index contributed by atoms with van der Waals surface area (Å²) < 4.78 is 0. The molecule has 0 aliphatic heterocycles. The molecular weight excluding hydrogens is 160 g/mol. The van der Waals surface area contributed by atoms with Crippen molar-refractivity contribution in [1.29, 1.82) is 0 Å². The minimum absolute atomic E-state index is 0.316. The van der Waals surface area contributed by atoms with Gasteiger partial charge in [-0.25, -0.2) is 0 Å². The summed E-state index contributed by atoms with van der Waals surface area (Å²) in [4.78, 5) is 11.8. The smallest absolute Gasteiger partial charge is 0.162 e. The minimum atomic E-state index is 0.316. The molecule has 0 radical (unpaired) electrons. The van der Waals surface area contributed by atoms with Crippen LogP contribution >= 0.6 is 0 Å². The maximum absolute atomic E-state index is 11.8. The molecule has 0 saturated heterocycles. The summed E-state index contributed by atoms with van der Waals surface area (Å²) in [5.74, 6) is 0.762. The number of rotatable bonds is 4. The van der Waals surface area contributed by atoms with Crippen LogP contribution in [0.15, 0.2) is 11.1 Å². The molecule has 0 N–H and O–H groups in total. The highest BCUT2D eigenvalue weighted by Crippen LogP contribution is 2.34. The van der Waals surface area contributed by atoms with Crippen molar-refractivity contribution >= 4 is 5.78 Å². The molecule has 1 nitrogen and oxygen atoms in total. The van der Waals surface area contributed by atoms with Gasteiger partial charge in [0.05, 0.1) is 0 Å². The predicted octanol–water partition coefficient (Wildman–Crippen LogP) is 3.49. The summed E-state index contributed by atoms with van der Waals surface area (Å²) >= 11 is 0. The Morgan fingerprint density at radius 3 is 2.46 bits per heavy atom. The number of allylic oxidation sites excluding steroid dienone is 2. The van der Waals surface area contributed by atoms with Crippen molar-refractivity contribution < 1.29 is 4.79 Å². The van der Waals surface area contributed by atoms with Gasteiger partial charge in [-0.15, -0.1) is 0 Å². The maximum Gasteiger partial charge on any atom is 0.162 e. The van der Waals surface area contributed by atoms with Crippen LogP contribution in [0.2, 0.25) is 0 Å². The van der Waals surface area contributed by atoms with Crippen molar-refractivity contribution in [2.24, 2.45) is 5.92 Å².